The summed E-state index contributed by atoms with van der Waals surface area (Å²) in [5.41, 5.74) is 0. The molecule has 8 atom stereocenters. The minimum absolute atomic E-state index is 0.328. The van der Waals surface area contributed by atoms with E-state index in [1.54, 1.807) is 0 Å². The molecule has 0 aromatic heterocycles. The van der Waals surface area contributed by atoms with E-state index in [9.17, 15) is 30.6 Å². The third-order valence-corrected chi connectivity index (χ3v) is 31.8. The van der Waals surface area contributed by atoms with E-state index < -0.39 is 24.4 Å². The highest BCUT2D eigenvalue weighted by molar-refractivity contribution is 4.77. The number of aliphatic hydroxyl groups excluding tert-OH is 6. The van der Waals surface area contributed by atoms with Crippen LogP contribution in [0.1, 0.15) is 660 Å². The zero-order chi connectivity index (χ0) is 99.8. The van der Waals surface area contributed by atoms with Crippen LogP contribution < -0.4 is 0 Å². The largest absolute Gasteiger partial charge is 0.392 e. The minimum atomic E-state index is -0.419. The monoisotopic (exact) mass is 1940 g/mol. The van der Waals surface area contributed by atoms with Gasteiger partial charge < -0.3 is 44.9 Å². The molecule has 6 N–H and O–H groups in total. The predicted molar refractivity (Wildman–Crippen MR) is 610 cm³/mol. The molecule has 0 saturated carbocycles. The summed E-state index contributed by atoms with van der Waals surface area (Å²) in [5.74, 6) is 1.12. The molecule has 11 heteroatoms. The number of hydrogen-bond acceptors (Lipinski definition) is 10. The molecule has 0 aromatic rings. The quantitative estimate of drug-likeness (QED) is 0.0258. The molecule has 0 bridgehead atoms. The molecule has 11 nitrogen and oxygen atoms in total. The normalized spacial score (nSPS) is 14.5. The van der Waals surface area contributed by atoms with Gasteiger partial charge in [-0.1, -0.05) is 583 Å². The number of aliphatic hydroxyl groups is 6. The van der Waals surface area contributed by atoms with E-state index in [0.29, 0.717) is 38.0 Å². The van der Waals surface area contributed by atoms with E-state index in [1.165, 1.54) is 488 Å². The Morgan fingerprint density at radius 2 is 0.248 bits per heavy atom. The molecule has 8 unspecified atom stereocenters. The van der Waals surface area contributed by atoms with Crippen molar-refractivity contribution in [3.8, 4) is 0 Å². The first kappa shape index (κ1) is 137. The van der Waals surface area contributed by atoms with E-state index in [0.717, 1.165) is 186 Å². The van der Waals surface area contributed by atoms with Crippen molar-refractivity contribution in [3.63, 3.8) is 0 Å². The summed E-state index contributed by atoms with van der Waals surface area (Å²) in [7, 11) is 0. The Morgan fingerprint density at radius 1 is 0.139 bits per heavy atom. The molecular formula is C126H260N5O6+. The molecule has 0 aliphatic heterocycles. The smallest absolute Gasteiger partial charge is 0.0799 e. The van der Waals surface area contributed by atoms with E-state index in [1.807, 2.05) is 0 Å². The van der Waals surface area contributed by atoms with Crippen molar-refractivity contribution >= 4 is 0 Å². The minimum Gasteiger partial charge on any atom is -0.392 e. The summed E-state index contributed by atoms with van der Waals surface area (Å²) < 4.78 is 0.999. The van der Waals surface area contributed by atoms with Gasteiger partial charge in [0.2, 0.25) is 0 Å². The number of quaternary nitrogens is 1. The van der Waals surface area contributed by atoms with Crippen LogP contribution in [-0.4, -0.2) is 196 Å². The van der Waals surface area contributed by atoms with Crippen molar-refractivity contribution in [2.45, 2.75) is 697 Å². The molecule has 0 aromatic carbocycles. The van der Waals surface area contributed by atoms with Crippen LogP contribution in [0, 0.1) is 11.8 Å². The fourth-order valence-corrected chi connectivity index (χ4v) is 22.8. The second kappa shape index (κ2) is 110. The summed E-state index contributed by atoms with van der Waals surface area (Å²) in [6.45, 7) is 37.5. The van der Waals surface area contributed by atoms with Gasteiger partial charge in [0.25, 0.3) is 0 Å². The first-order valence-electron chi connectivity index (χ1n) is 64.0. The molecule has 0 fully saturated rings. The molecule has 0 saturated heterocycles. The van der Waals surface area contributed by atoms with Gasteiger partial charge in [0, 0.05) is 104 Å². The van der Waals surface area contributed by atoms with Crippen molar-refractivity contribution in [2.24, 2.45) is 11.8 Å². The predicted octanol–water partition coefficient (Wildman–Crippen LogP) is 36.5. The third-order valence-electron chi connectivity index (χ3n) is 31.8. The molecule has 0 spiro atoms. The maximum atomic E-state index is 12.3. The van der Waals surface area contributed by atoms with Crippen LogP contribution in [0.4, 0.5) is 0 Å². The lowest BCUT2D eigenvalue weighted by molar-refractivity contribution is -0.928. The lowest BCUT2D eigenvalue weighted by atomic mass is 10.00. The number of nitrogens with zero attached hydrogens (tertiary/aromatic N) is 5. The summed E-state index contributed by atoms with van der Waals surface area (Å²) in [5, 5.41) is 73.8. The molecular weight excluding hydrogens is 1680 g/mol. The Hall–Kier alpha value is -0.440. The molecule has 0 radical (unpaired) electrons. The highest BCUT2D eigenvalue weighted by atomic mass is 16.3. The summed E-state index contributed by atoms with van der Waals surface area (Å²) in [6, 6.07) is 0. The Kier molecular flexibility index (Phi) is 109. The van der Waals surface area contributed by atoms with Crippen molar-refractivity contribution in [1.29, 1.82) is 0 Å². The Balaban J connectivity index is 8.36. The van der Waals surface area contributed by atoms with Gasteiger partial charge >= 0.3 is 0 Å². The maximum absolute atomic E-state index is 12.3. The van der Waals surface area contributed by atoms with Crippen molar-refractivity contribution in [2.75, 3.05) is 105 Å². The average Bonchev–Trinajstić information content (AvgIpc) is 0.852. The molecule has 137 heavy (non-hydrogen) atoms. The van der Waals surface area contributed by atoms with Crippen LogP contribution in [0.25, 0.3) is 0 Å². The molecule has 0 rings (SSSR count). The van der Waals surface area contributed by atoms with Crippen LogP contribution in [0.2, 0.25) is 0 Å². The van der Waals surface area contributed by atoms with Crippen LogP contribution in [0.3, 0.4) is 0 Å². The second-order valence-corrected chi connectivity index (χ2v) is 46.6. The molecule has 0 heterocycles. The number of unbranched alkanes of at least 4 members (excludes halogenated alkanes) is 72. The van der Waals surface area contributed by atoms with Gasteiger partial charge in [-0.2, -0.15) is 0 Å². The molecule has 0 aliphatic rings. The van der Waals surface area contributed by atoms with Gasteiger partial charge in [0.1, 0.15) is 0 Å². The van der Waals surface area contributed by atoms with Gasteiger partial charge in [0.15, 0.2) is 0 Å². The zero-order valence-electron chi connectivity index (χ0n) is 95.9. The van der Waals surface area contributed by atoms with Gasteiger partial charge in [0.05, 0.1) is 62.8 Å². The number of rotatable bonds is 120. The fraction of sp³-hybridized carbons (Fsp3) is 1.00. The van der Waals surface area contributed by atoms with Crippen molar-refractivity contribution in [1.82, 2.24) is 19.6 Å². The van der Waals surface area contributed by atoms with Gasteiger partial charge in [-0.05, 0) is 63.2 Å². The maximum Gasteiger partial charge on any atom is 0.0799 e. The van der Waals surface area contributed by atoms with Gasteiger partial charge in [-0.25, -0.2) is 0 Å². The molecule has 0 aliphatic carbocycles. The van der Waals surface area contributed by atoms with E-state index >= 15 is 0 Å². The van der Waals surface area contributed by atoms with Crippen molar-refractivity contribution in [3.05, 3.63) is 0 Å². The zero-order valence-corrected chi connectivity index (χ0v) is 95.9. The van der Waals surface area contributed by atoms with Gasteiger partial charge in [-0.3, -0.25) is 9.80 Å². The third kappa shape index (κ3) is 99.9. The average molecular weight is 1940 g/mol. The van der Waals surface area contributed by atoms with Crippen molar-refractivity contribution < 1.29 is 35.1 Å². The Morgan fingerprint density at radius 3 is 0.380 bits per heavy atom. The van der Waals surface area contributed by atoms with Gasteiger partial charge in [-0.15, -0.1) is 0 Å². The standard InChI is InChI=1S/C126H260N5O6/c1-11-19-27-35-43-51-59-67-75-83-95-119(9)111-127(113-121(132)97-85-77-69-61-53-45-37-29-21-13-3)103-91-107-131(108-92-104-128(112-120(10)96-84-76-68-60-52-44-36-28-20-12-2)114-122(133)98-86-78-70-62-54-46-38-30-22-14-4,109-93-105-129(115-123(134)99-87-79-71-63-55-47-39-31-23-15-5)116-124(135)100-88-80-72-64-56-48-40-32-24-16-6)110-94-106-130(117-125(136)101-89-81-73-65-57-49-41-33-25-17-7)118-126(137)102-90-82-74-66-58-50-42-34-26-18-8/h119-126,132-137H,11-118H2,1-10H3/q+1. The lowest BCUT2D eigenvalue weighted by Gasteiger charge is -2.42. The summed E-state index contributed by atoms with van der Waals surface area (Å²) in [4.78, 5) is 10.5. The number of hydrogen-bond donors (Lipinski definition) is 6. The summed E-state index contributed by atoms with van der Waals surface area (Å²) >= 11 is 0. The fourth-order valence-electron chi connectivity index (χ4n) is 22.8. The Bertz CT molecular complexity index is 1800. The highest BCUT2D eigenvalue weighted by Gasteiger charge is 2.31. The first-order chi connectivity index (χ1) is 67.1. The highest BCUT2D eigenvalue weighted by Crippen LogP contribution is 2.27. The van der Waals surface area contributed by atoms with E-state index in [2.05, 4.69) is 88.8 Å². The topological polar surface area (TPSA) is 134 Å². The summed E-state index contributed by atoms with van der Waals surface area (Å²) in [6.07, 6.45) is 114. The van der Waals surface area contributed by atoms with Crippen LogP contribution in [-0.2, 0) is 0 Å². The molecule has 824 valence electrons. The second-order valence-electron chi connectivity index (χ2n) is 46.6. The van der Waals surface area contributed by atoms with Crippen LogP contribution in [0.5, 0.6) is 0 Å². The van der Waals surface area contributed by atoms with Crippen LogP contribution >= 0.6 is 0 Å². The van der Waals surface area contributed by atoms with Crippen LogP contribution in [0.15, 0.2) is 0 Å². The first-order valence-corrected chi connectivity index (χ1v) is 64.0. The van der Waals surface area contributed by atoms with E-state index in [4.69, 9.17) is 0 Å². The SMILES string of the molecule is CCCCCCCCCCCCC(C)CN(CCC[N+](CCCN(CC(C)CCCCCCCCCCCC)CC(O)CCCCCCCCCCCC)(CCCN(CC(O)CCCCCCCCCCCC)CC(O)CCCCCCCCCCCC)CCCN(CC(O)CCCCCCCCCCCC)CC(O)CCCCCCCCCCCC)CC(O)CCCCCCCCCCCC. The lowest BCUT2D eigenvalue weighted by Crippen LogP contribution is -2.54. The van der Waals surface area contributed by atoms with E-state index in [-0.39, 0.29) is 12.2 Å². The Labute approximate surface area is 862 Å². The molecule has 0 amide bonds.